The zero-order valence-electron chi connectivity index (χ0n) is 11.5. The van der Waals surface area contributed by atoms with Crippen LogP contribution in [0.15, 0.2) is 24.3 Å². The lowest BCUT2D eigenvalue weighted by Gasteiger charge is -2.34. The fourth-order valence-corrected chi connectivity index (χ4v) is 2.86. The molecule has 0 amide bonds. The molecule has 19 heavy (non-hydrogen) atoms. The first kappa shape index (κ1) is 14.4. The van der Waals surface area contributed by atoms with Crippen molar-refractivity contribution < 1.29 is 4.74 Å². The number of nitrogens with one attached hydrogen (secondary N) is 2. The molecular formula is C15H21ClN2O. The monoisotopic (exact) mass is 280 g/mol. The van der Waals surface area contributed by atoms with Gasteiger partial charge >= 0.3 is 0 Å². The Kier molecular flexibility index (Phi) is 4.19. The minimum absolute atomic E-state index is 0. The van der Waals surface area contributed by atoms with Gasteiger partial charge in [-0.1, -0.05) is 25.1 Å². The highest BCUT2D eigenvalue weighted by molar-refractivity contribution is 5.85. The van der Waals surface area contributed by atoms with Crippen LogP contribution in [0.2, 0.25) is 0 Å². The fraction of sp³-hybridized carbons (Fsp3) is 0.467. The lowest BCUT2D eigenvalue weighted by atomic mass is 9.93. The molecule has 3 nitrogen and oxygen atoms in total. The molecule has 2 heterocycles. The quantitative estimate of drug-likeness (QED) is 0.907. The van der Waals surface area contributed by atoms with E-state index in [-0.39, 0.29) is 18.0 Å². The van der Waals surface area contributed by atoms with Crippen LogP contribution >= 0.6 is 12.4 Å². The summed E-state index contributed by atoms with van der Waals surface area (Å²) in [6.07, 6.45) is 1.00. The highest BCUT2D eigenvalue weighted by atomic mass is 35.5. The number of halogens is 1. The SMILES string of the molecule is CCNCC1(C)OCCc2c1[nH]c1ccccc21.Cl. The third-order valence-electron chi connectivity index (χ3n) is 3.83. The normalized spacial score (nSPS) is 22.0. The predicted molar refractivity (Wildman–Crippen MR) is 81.1 cm³/mol. The number of para-hydroxylation sites is 1. The number of aromatic amines is 1. The van der Waals surface area contributed by atoms with E-state index in [2.05, 4.69) is 48.4 Å². The molecule has 104 valence electrons. The van der Waals surface area contributed by atoms with E-state index in [0.29, 0.717) is 0 Å². The average Bonchev–Trinajstić information content (AvgIpc) is 2.77. The molecule has 1 aromatic carbocycles. The van der Waals surface area contributed by atoms with Crippen molar-refractivity contribution in [3.05, 3.63) is 35.5 Å². The van der Waals surface area contributed by atoms with Crippen LogP contribution in [0, 0.1) is 0 Å². The van der Waals surface area contributed by atoms with Gasteiger partial charge in [-0.15, -0.1) is 12.4 Å². The van der Waals surface area contributed by atoms with Crippen LogP contribution < -0.4 is 5.32 Å². The van der Waals surface area contributed by atoms with Crippen LogP contribution in [-0.4, -0.2) is 24.7 Å². The van der Waals surface area contributed by atoms with Gasteiger partial charge in [0.2, 0.25) is 0 Å². The molecular weight excluding hydrogens is 260 g/mol. The van der Waals surface area contributed by atoms with Gasteiger partial charge < -0.3 is 15.0 Å². The molecule has 4 heteroatoms. The Morgan fingerprint density at radius 2 is 2.16 bits per heavy atom. The number of hydrogen-bond donors (Lipinski definition) is 2. The Balaban J connectivity index is 0.00000133. The Morgan fingerprint density at radius 3 is 2.95 bits per heavy atom. The molecule has 0 bridgehead atoms. The van der Waals surface area contributed by atoms with Crippen LogP contribution in [0.4, 0.5) is 0 Å². The molecule has 3 rings (SSSR count). The first-order chi connectivity index (χ1) is 8.74. The van der Waals surface area contributed by atoms with Crippen LogP contribution in [-0.2, 0) is 16.8 Å². The summed E-state index contributed by atoms with van der Waals surface area (Å²) in [4.78, 5) is 3.55. The van der Waals surface area contributed by atoms with Gasteiger partial charge in [-0.25, -0.2) is 0 Å². The Morgan fingerprint density at radius 1 is 1.37 bits per heavy atom. The molecule has 0 spiro atoms. The van der Waals surface area contributed by atoms with Gasteiger partial charge in [0.15, 0.2) is 0 Å². The lowest BCUT2D eigenvalue weighted by Crippen LogP contribution is -2.41. The number of ether oxygens (including phenoxy) is 1. The van der Waals surface area contributed by atoms with Gasteiger partial charge in [0.1, 0.15) is 5.60 Å². The molecule has 1 aromatic heterocycles. The highest BCUT2D eigenvalue weighted by Gasteiger charge is 2.35. The second kappa shape index (κ2) is 5.53. The fourth-order valence-electron chi connectivity index (χ4n) is 2.86. The second-order valence-corrected chi connectivity index (χ2v) is 5.13. The maximum Gasteiger partial charge on any atom is 0.118 e. The summed E-state index contributed by atoms with van der Waals surface area (Å²) in [6.45, 7) is 6.91. The van der Waals surface area contributed by atoms with Crippen molar-refractivity contribution in [3.63, 3.8) is 0 Å². The summed E-state index contributed by atoms with van der Waals surface area (Å²) in [7, 11) is 0. The smallest absolute Gasteiger partial charge is 0.118 e. The van der Waals surface area contributed by atoms with Gasteiger partial charge in [0.05, 0.1) is 12.3 Å². The molecule has 1 unspecified atom stereocenters. The summed E-state index contributed by atoms with van der Waals surface area (Å²) in [5, 5.41) is 4.74. The number of likely N-dealkylation sites (N-methyl/N-ethyl adjacent to an activating group) is 1. The Labute approximate surface area is 120 Å². The highest BCUT2D eigenvalue weighted by Crippen LogP contribution is 2.36. The maximum atomic E-state index is 6.03. The average molecular weight is 281 g/mol. The molecule has 2 aromatic rings. The lowest BCUT2D eigenvalue weighted by molar-refractivity contribution is -0.0469. The van der Waals surface area contributed by atoms with E-state index in [0.717, 1.165) is 26.1 Å². The number of rotatable bonds is 3. The maximum absolute atomic E-state index is 6.03. The minimum Gasteiger partial charge on any atom is -0.367 e. The molecule has 0 saturated carbocycles. The summed E-state index contributed by atoms with van der Waals surface area (Å²) in [6, 6.07) is 8.52. The first-order valence-corrected chi connectivity index (χ1v) is 6.69. The van der Waals surface area contributed by atoms with Gasteiger partial charge in [0.25, 0.3) is 0 Å². The van der Waals surface area contributed by atoms with Crippen molar-refractivity contribution in [2.45, 2.75) is 25.9 Å². The van der Waals surface area contributed by atoms with Gasteiger partial charge in [-0.3, -0.25) is 0 Å². The molecule has 1 atom stereocenters. The van der Waals surface area contributed by atoms with E-state index >= 15 is 0 Å². The van der Waals surface area contributed by atoms with E-state index in [1.54, 1.807) is 0 Å². The number of aromatic nitrogens is 1. The number of H-pyrrole nitrogens is 1. The minimum atomic E-state index is -0.234. The second-order valence-electron chi connectivity index (χ2n) is 5.13. The summed E-state index contributed by atoms with van der Waals surface area (Å²) in [5.74, 6) is 0. The van der Waals surface area contributed by atoms with Crippen molar-refractivity contribution in [2.75, 3.05) is 19.7 Å². The zero-order chi connectivity index (χ0) is 12.6. The molecule has 0 fully saturated rings. The summed E-state index contributed by atoms with van der Waals surface area (Å²) < 4.78 is 6.03. The van der Waals surface area contributed by atoms with E-state index in [4.69, 9.17) is 4.74 Å². The molecule has 0 radical (unpaired) electrons. The van der Waals surface area contributed by atoms with Crippen molar-refractivity contribution in [1.82, 2.24) is 10.3 Å². The molecule has 1 aliphatic heterocycles. The van der Waals surface area contributed by atoms with Crippen LogP contribution in [0.5, 0.6) is 0 Å². The van der Waals surface area contributed by atoms with Gasteiger partial charge in [-0.05, 0) is 31.5 Å². The molecule has 0 saturated heterocycles. The largest absolute Gasteiger partial charge is 0.367 e. The van der Waals surface area contributed by atoms with E-state index < -0.39 is 0 Å². The summed E-state index contributed by atoms with van der Waals surface area (Å²) >= 11 is 0. The number of fused-ring (bicyclic) bond motifs is 3. The molecule has 0 aliphatic carbocycles. The van der Waals surface area contributed by atoms with E-state index in [9.17, 15) is 0 Å². The Hall–Kier alpha value is -1.03. The number of benzene rings is 1. The van der Waals surface area contributed by atoms with Crippen LogP contribution in [0.1, 0.15) is 25.1 Å². The molecule has 1 aliphatic rings. The molecule has 2 N–H and O–H groups in total. The van der Waals surface area contributed by atoms with E-state index in [1.165, 1.54) is 22.2 Å². The first-order valence-electron chi connectivity index (χ1n) is 6.69. The Bertz CT molecular complexity index is 566. The van der Waals surface area contributed by atoms with Crippen molar-refractivity contribution in [2.24, 2.45) is 0 Å². The van der Waals surface area contributed by atoms with Gasteiger partial charge in [-0.2, -0.15) is 0 Å². The van der Waals surface area contributed by atoms with Gasteiger partial charge in [0, 0.05) is 17.4 Å². The van der Waals surface area contributed by atoms with Crippen molar-refractivity contribution >= 4 is 23.3 Å². The van der Waals surface area contributed by atoms with Crippen LogP contribution in [0.3, 0.4) is 0 Å². The standard InChI is InChI=1S/C15H20N2O.ClH/c1-3-16-10-15(2)14-12(8-9-18-15)11-6-4-5-7-13(11)17-14;/h4-7,16-17H,3,8-10H2,1-2H3;1H. The summed E-state index contributed by atoms with van der Waals surface area (Å²) in [5.41, 5.74) is 3.66. The third kappa shape index (κ3) is 2.38. The predicted octanol–water partition coefficient (Wildman–Crippen LogP) is 2.99. The van der Waals surface area contributed by atoms with Crippen LogP contribution in [0.25, 0.3) is 10.9 Å². The van der Waals surface area contributed by atoms with E-state index in [1.807, 2.05) is 0 Å². The van der Waals surface area contributed by atoms with Crippen molar-refractivity contribution in [3.8, 4) is 0 Å². The third-order valence-corrected chi connectivity index (χ3v) is 3.83. The topological polar surface area (TPSA) is 37.0 Å². The van der Waals surface area contributed by atoms with Crippen molar-refractivity contribution in [1.29, 1.82) is 0 Å². The number of hydrogen-bond acceptors (Lipinski definition) is 2. The zero-order valence-corrected chi connectivity index (χ0v) is 12.3.